The predicted molar refractivity (Wildman–Crippen MR) is 82.2 cm³/mol. The lowest BCUT2D eigenvalue weighted by atomic mass is 10.2. The monoisotopic (exact) mass is 343 g/mol. The number of rotatable bonds is 5. The summed E-state index contributed by atoms with van der Waals surface area (Å²) < 4.78 is 61.8. The molecule has 2 aromatic carbocycles. The summed E-state index contributed by atoms with van der Waals surface area (Å²) in [4.78, 5) is 0.106. The SMILES string of the molecule is CS(=O)(=O)c1ccc(NS(=O)(=O)Cc2ccc(F)cc2)cc1. The molecule has 0 unspecified atom stereocenters. The first-order chi connectivity index (χ1) is 10.2. The Kier molecular flexibility index (Phi) is 4.52. The van der Waals surface area contributed by atoms with Crippen molar-refractivity contribution in [3.63, 3.8) is 0 Å². The van der Waals surface area contributed by atoms with Gasteiger partial charge in [0.25, 0.3) is 0 Å². The molecule has 22 heavy (non-hydrogen) atoms. The van der Waals surface area contributed by atoms with E-state index in [1.54, 1.807) is 0 Å². The van der Waals surface area contributed by atoms with Crippen LogP contribution in [0.15, 0.2) is 53.4 Å². The van der Waals surface area contributed by atoms with Crippen LogP contribution in [0.4, 0.5) is 10.1 Å². The highest BCUT2D eigenvalue weighted by molar-refractivity contribution is 7.92. The van der Waals surface area contributed by atoms with Crippen LogP contribution in [0.25, 0.3) is 0 Å². The largest absolute Gasteiger partial charge is 0.283 e. The molecule has 0 bridgehead atoms. The van der Waals surface area contributed by atoms with Gasteiger partial charge < -0.3 is 0 Å². The Labute approximate surface area is 128 Å². The van der Waals surface area contributed by atoms with E-state index in [0.29, 0.717) is 5.56 Å². The molecule has 0 heterocycles. The quantitative estimate of drug-likeness (QED) is 0.902. The molecule has 0 aliphatic heterocycles. The Balaban J connectivity index is 2.13. The minimum absolute atomic E-state index is 0.106. The van der Waals surface area contributed by atoms with Crippen LogP contribution in [0.1, 0.15) is 5.56 Å². The smallest absolute Gasteiger partial charge is 0.236 e. The molecule has 0 fully saturated rings. The van der Waals surface area contributed by atoms with Crippen LogP contribution in [0.3, 0.4) is 0 Å². The van der Waals surface area contributed by atoms with E-state index >= 15 is 0 Å². The van der Waals surface area contributed by atoms with Gasteiger partial charge in [-0.2, -0.15) is 0 Å². The van der Waals surface area contributed by atoms with Gasteiger partial charge in [-0.15, -0.1) is 0 Å². The van der Waals surface area contributed by atoms with Crippen LogP contribution < -0.4 is 4.72 Å². The van der Waals surface area contributed by atoms with Gasteiger partial charge in [0.15, 0.2) is 9.84 Å². The molecule has 0 atom stereocenters. The fourth-order valence-electron chi connectivity index (χ4n) is 1.79. The predicted octanol–water partition coefficient (Wildman–Crippen LogP) is 2.17. The minimum Gasteiger partial charge on any atom is -0.283 e. The fourth-order valence-corrected chi connectivity index (χ4v) is 3.61. The second kappa shape index (κ2) is 6.05. The Morgan fingerprint density at radius 3 is 1.95 bits per heavy atom. The van der Waals surface area contributed by atoms with Gasteiger partial charge in [0.1, 0.15) is 5.82 Å². The lowest BCUT2D eigenvalue weighted by molar-refractivity contribution is 0.599. The topological polar surface area (TPSA) is 80.3 Å². The lowest BCUT2D eigenvalue weighted by Crippen LogP contribution is -2.15. The van der Waals surface area contributed by atoms with Crippen molar-refractivity contribution in [2.24, 2.45) is 0 Å². The van der Waals surface area contributed by atoms with Gasteiger partial charge in [0, 0.05) is 11.9 Å². The molecule has 8 heteroatoms. The van der Waals surface area contributed by atoms with E-state index in [0.717, 1.165) is 6.26 Å². The molecule has 2 aromatic rings. The van der Waals surface area contributed by atoms with Crippen molar-refractivity contribution in [3.8, 4) is 0 Å². The fraction of sp³-hybridized carbons (Fsp3) is 0.143. The Morgan fingerprint density at radius 1 is 0.909 bits per heavy atom. The molecule has 5 nitrogen and oxygen atoms in total. The molecule has 0 amide bonds. The van der Waals surface area contributed by atoms with Crippen LogP contribution in [-0.2, 0) is 25.6 Å². The van der Waals surface area contributed by atoms with Crippen molar-refractivity contribution in [1.82, 2.24) is 0 Å². The second-order valence-electron chi connectivity index (χ2n) is 4.78. The van der Waals surface area contributed by atoms with Gasteiger partial charge in [-0.25, -0.2) is 21.2 Å². The zero-order valence-corrected chi connectivity index (χ0v) is 13.3. The van der Waals surface area contributed by atoms with Gasteiger partial charge >= 0.3 is 0 Å². The first kappa shape index (κ1) is 16.4. The number of sulfone groups is 1. The van der Waals surface area contributed by atoms with E-state index in [1.807, 2.05) is 0 Å². The van der Waals surface area contributed by atoms with Crippen molar-refractivity contribution in [3.05, 3.63) is 59.9 Å². The number of nitrogens with one attached hydrogen (secondary N) is 1. The van der Waals surface area contributed by atoms with Crippen LogP contribution in [-0.4, -0.2) is 23.1 Å². The van der Waals surface area contributed by atoms with Gasteiger partial charge in [-0.05, 0) is 42.0 Å². The van der Waals surface area contributed by atoms with Crippen LogP contribution in [0.5, 0.6) is 0 Å². The molecule has 0 spiro atoms. The number of halogens is 1. The lowest BCUT2D eigenvalue weighted by Gasteiger charge is -2.08. The average Bonchev–Trinajstić information content (AvgIpc) is 2.40. The van der Waals surface area contributed by atoms with E-state index < -0.39 is 25.7 Å². The van der Waals surface area contributed by atoms with Gasteiger partial charge in [0.2, 0.25) is 10.0 Å². The van der Waals surface area contributed by atoms with Crippen molar-refractivity contribution in [2.75, 3.05) is 11.0 Å². The highest BCUT2D eigenvalue weighted by Crippen LogP contribution is 2.16. The van der Waals surface area contributed by atoms with E-state index in [9.17, 15) is 21.2 Å². The Hall–Kier alpha value is -1.93. The summed E-state index contributed by atoms with van der Waals surface area (Å²) >= 11 is 0. The standard InChI is InChI=1S/C14H14FNO4S2/c1-21(17,18)14-8-6-13(7-9-14)16-22(19,20)10-11-2-4-12(15)5-3-11/h2-9,16H,10H2,1H3. The summed E-state index contributed by atoms with van der Waals surface area (Å²) in [6, 6.07) is 10.5. The highest BCUT2D eigenvalue weighted by Gasteiger charge is 2.13. The average molecular weight is 343 g/mol. The van der Waals surface area contributed by atoms with Crippen LogP contribution >= 0.6 is 0 Å². The number of hydrogen-bond donors (Lipinski definition) is 1. The third kappa shape index (κ3) is 4.54. The number of hydrogen-bond acceptors (Lipinski definition) is 4. The second-order valence-corrected chi connectivity index (χ2v) is 8.52. The summed E-state index contributed by atoms with van der Waals surface area (Å²) in [5, 5.41) is 0. The van der Waals surface area contributed by atoms with E-state index in [-0.39, 0.29) is 16.3 Å². The summed E-state index contributed by atoms with van der Waals surface area (Å²) in [5.41, 5.74) is 0.705. The van der Waals surface area contributed by atoms with Crippen LogP contribution in [0.2, 0.25) is 0 Å². The molecule has 0 radical (unpaired) electrons. The maximum absolute atomic E-state index is 12.8. The Bertz CT molecular complexity index is 858. The first-order valence-corrected chi connectivity index (χ1v) is 9.75. The number of anilines is 1. The normalized spacial score (nSPS) is 12.1. The van der Waals surface area contributed by atoms with Crippen molar-refractivity contribution < 1.29 is 21.2 Å². The first-order valence-electron chi connectivity index (χ1n) is 6.21. The van der Waals surface area contributed by atoms with E-state index in [2.05, 4.69) is 4.72 Å². The number of sulfonamides is 1. The molecule has 118 valence electrons. The minimum atomic E-state index is -3.67. The molecule has 1 N–H and O–H groups in total. The van der Waals surface area contributed by atoms with Gasteiger partial charge in [-0.1, -0.05) is 12.1 Å². The van der Waals surface area contributed by atoms with Gasteiger partial charge in [-0.3, -0.25) is 4.72 Å². The summed E-state index contributed by atoms with van der Waals surface area (Å²) in [7, 11) is -7.00. The van der Waals surface area contributed by atoms with Crippen LogP contribution in [0, 0.1) is 5.82 Å². The van der Waals surface area contributed by atoms with Crippen molar-refractivity contribution >= 4 is 25.5 Å². The molecular formula is C14H14FNO4S2. The molecular weight excluding hydrogens is 329 g/mol. The summed E-state index contributed by atoms with van der Waals surface area (Å²) in [6.07, 6.45) is 1.07. The molecule has 0 aromatic heterocycles. The third-order valence-corrected chi connectivity index (χ3v) is 5.21. The Morgan fingerprint density at radius 2 is 1.45 bits per heavy atom. The number of benzene rings is 2. The van der Waals surface area contributed by atoms with Crippen molar-refractivity contribution in [2.45, 2.75) is 10.6 Å². The highest BCUT2D eigenvalue weighted by atomic mass is 32.2. The molecule has 0 aliphatic rings. The third-order valence-electron chi connectivity index (χ3n) is 2.83. The molecule has 0 saturated heterocycles. The zero-order valence-electron chi connectivity index (χ0n) is 11.7. The maximum Gasteiger partial charge on any atom is 0.236 e. The maximum atomic E-state index is 12.8. The van der Waals surface area contributed by atoms with Crippen molar-refractivity contribution in [1.29, 1.82) is 0 Å². The molecule has 0 aliphatic carbocycles. The summed E-state index contributed by atoms with van der Waals surface area (Å²) in [6.45, 7) is 0. The molecule has 0 saturated carbocycles. The summed E-state index contributed by atoms with van der Waals surface area (Å²) in [5.74, 6) is -0.744. The molecule has 2 rings (SSSR count). The van der Waals surface area contributed by atoms with E-state index in [1.165, 1.54) is 48.5 Å². The van der Waals surface area contributed by atoms with E-state index in [4.69, 9.17) is 0 Å². The zero-order chi connectivity index (χ0) is 16.4. The van der Waals surface area contributed by atoms with Gasteiger partial charge in [0.05, 0.1) is 10.6 Å².